The van der Waals surface area contributed by atoms with E-state index < -0.39 is 27.1 Å². The molecule has 0 unspecified atom stereocenters. The second kappa shape index (κ2) is 9.46. The van der Waals surface area contributed by atoms with Crippen LogP contribution < -0.4 is 5.43 Å². The number of rotatable bonds is 7. The highest BCUT2D eigenvalue weighted by Gasteiger charge is 2.23. The summed E-state index contributed by atoms with van der Waals surface area (Å²) in [7, 11) is 0. The number of non-ortho nitro benzene ring substituents is 1. The topological polar surface area (TPSA) is 159 Å². The van der Waals surface area contributed by atoms with Crippen LogP contribution in [0.1, 0.15) is 16.1 Å². The summed E-state index contributed by atoms with van der Waals surface area (Å²) in [5.41, 5.74) is 2.93. The summed E-state index contributed by atoms with van der Waals surface area (Å²) < 4.78 is 7.01. The summed E-state index contributed by atoms with van der Waals surface area (Å²) in [5.74, 6) is -0.495. The van der Waals surface area contributed by atoms with Crippen LogP contribution in [0.3, 0.4) is 0 Å². The molecule has 0 spiro atoms. The quantitative estimate of drug-likeness (QED) is 0.212. The predicted octanol–water partition coefficient (Wildman–Crippen LogP) is 4.48. The lowest BCUT2D eigenvalue weighted by atomic mass is 10.1. The second-order valence-corrected chi connectivity index (χ2v) is 7.67. The maximum atomic E-state index is 12.1. The van der Waals surface area contributed by atoms with Crippen LogP contribution in [0, 0.1) is 20.2 Å². The lowest BCUT2D eigenvalue weighted by Crippen LogP contribution is -2.16. The predicted molar refractivity (Wildman–Crippen MR) is 124 cm³/mol. The van der Waals surface area contributed by atoms with Crippen molar-refractivity contribution < 1.29 is 19.1 Å². The van der Waals surface area contributed by atoms with E-state index in [0.29, 0.717) is 16.8 Å². The van der Waals surface area contributed by atoms with E-state index in [2.05, 4.69) is 31.6 Å². The van der Waals surface area contributed by atoms with Crippen LogP contribution >= 0.6 is 15.9 Å². The van der Waals surface area contributed by atoms with Crippen molar-refractivity contribution in [3.05, 3.63) is 103 Å². The first-order valence-electron chi connectivity index (χ1n) is 9.49. The number of nitrogens with one attached hydrogen (secondary N) is 1. The average Bonchev–Trinajstić information content (AvgIpc) is 3.49. The molecule has 0 aliphatic carbocycles. The van der Waals surface area contributed by atoms with E-state index in [4.69, 9.17) is 4.42 Å². The Labute approximate surface area is 198 Å². The summed E-state index contributed by atoms with van der Waals surface area (Å²) in [6.07, 6.45) is 4.15. The molecule has 4 aromatic rings. The molecule has 0 atom stereocenters. The highest BCUT2D eigenvalue weighted by Crippen LogP contribution is 2.30. The number of hydrazone groups is 1. The molecule has 0 saturated carbocycles. The first-order valence-corrected chi connectivity index (χ1v) is 10.3. The first-order chi connectivity index (χ1) is 16.3. The molecule has 2 heterocycles. The van der Waals surface area contributed by atoms with Crippen LogP contribution in [0.15, 0.2) is 81.0 Å². The molecule has 0 aliphatic heterocycles. The van der Waals surface area contributed by atoms with Gasteiger partial charge in [-0.3, -0.25) is 25.0 Å². The van der Waals surface area contributed by atoms with Crippen LogP contribution in [0.4, 0.5) is 11.4 Å². The van der Waals surface area contributed by atoms with Crippen molar-refractivity contribution >= 4 is 39.4 Å². The van der Waals surface area contributed by atoms with Crippen LogP contribution in [0.5, 0.6) is 0 Å². The zero-order chi connectivity index (χ0) is 24.2. The van der Waals surface area contributed by atoms with E-state index in [1.54, 1.807) is 24.3 Å². The van der Waals surface area contributed by atoms with Gasteiger partial charge in [0.2, 0.25) is 0 Å². The molecule has 0 saturated heterocycles. The van der Waals surface area contributed by atoms with E-state index >= 15 is 0 Å². The van der Waals surface area contributed by atoms with Crippen molar-refractivity contribution in [2.45, 2.75) is 0 Å². The number of hydrogen-bond donors (Lipinski definition) is 1. The molecule has 4 rings (SSSR count). The minimum Gasteiger partial charge on any atom is -0.459 e. The van der Waals surface area contributed by atoms with Crippen molar-refractivity contribution in [2.24, 2.45) is 5.10 Å². The smallest absolute Gasteiger partial charge is 0.307 e. The van der Waals surface area contributed by atoms with Crippen LogP contribution in [-0.2, 0) is 0 Å². The largest absolute Gasteiger partial charge is 0.459 e. The Bertz CT molecular complexity index is 1430. The molecule has 34 heavy (non-hydrogen) atoms. The normalized spacial score (nSPS) is 11.0. The fourth-order valence-electron chi connectivity index (χ4n) is 3.05. The molecular weight excluding hydrogens is 512 g/mol. The van der Waals surface area contributed by atoms with Crippen LogP contribution in [-0.4, -0.2) is 31.7 Å². The lowest BCUT2D eigenvalue weighted by molar-refractivity contribution is -0.394. The Morgan fingerprint density at radius 2 is 1.94 bits per heavy atom. The molecule has 0 bridgehead atoms. The highest BCUT2D eigenvalue weighted by atomic mass is 79.9. The lowest BCUT2D eigenvalue weighted by Gasteiger charge is -2.03. The number of amides is 1. The summed E-state index contributed by atoms with van der Waals surface area (Å²) >= 11 is 3.39. The highest BCUT2D eigenvalue weighted by molar-refractivity contribution is 9.10. The van der Waals surface area contributed by atoms with Gasteiger partial charge in [-0.15, -0.1) is 0 Å². The van der Waals surface area contributed by atoms with Crippen molar-refractivity contribution in [1.29, 1.82) is 0 Å². The summed E-state index contributed by atoms with van der Waals surface area (Å²) in [6.45, 7) is 0. The Kier molecular flexibility index (Phi) is 6.27. The van der Waals surface area contributed by atoms with E-state index in [-0.39, 0.29) is 11.4 Å². The standard InChI is InChI=1S/C21H13BrN6O6/c22-15-4-1-3-13(9-15)20-14(11-23-24-21(29)19-5-2-8-34-19)12-26(25-20)17-7-6-16(27(30)31)10-18(17)28(32)33/h1-12H,(H,24,29)/b23-11+. The third kappa shape index (κ3) is 4.73. The van der Waals surface area contributed by atoms with Crippen LogP contribution in [0.25, 0.3) is 16.9 Å². The summed E-state index contributed by atoms with van der Waals surface area (Å²) in [6, 6.07) is 13.5. The number of nitro groups is 2. The van der Waals surface area contributed by atoms with Gasteiger partial charge in [0.25, 0.3) is 5.69 Å². The molecule has 0 aliphatic rings. The number of furan rings is 1. The molecule has 13 heteroatoms. The molecule has 1 amide bonds. The number of nitro benzene ring substituents is 2. The van der Waals surface area contributed by atoms with E-state index in [1.807, 2.05) is 6.07 Å². The number of hydrogen-bond acceptors (Lipinski definition) is 8. The molecule has 170 valence electrons. The van der Waals surface area contributed by atoms with Gasteiger partial charge >= 0.3 is 11.6 Å². The van der Waals surface area contributed by atoms with E-state index in [0.717, 1.165) is 16.6 Å². The monoisotopic (exact) mass is 524 g/mol. The second-order valence-electron chi connectivity index (χ2n) is 6.75. The number of nitrogens with zero attached hydrogens (tertiary/aromatic N) is 5. The fourth-order valence-corrected chi connectivity index (χ4v) is 3.45. The SMILES string of the molecule is O=C(N/N=C/c1cn(-c2ccc([N+](=O)[O-])cc2[N+](=O)[O-])nc1-c1cccc(Br)c1)c1ccco1. The first kappa shape index (κ1) is 22.5. The van der Waals surface area contributed by atoms with Gasteiger partial charge in [0.05, 0.1) is 28.4 Å². The number of carbonyl (C=O) groups excluding carboxylic acids is 1. The van der Waals surface area contributed by atoms with Gasteiger partial charge in [0.15, 0.2) is 5.76 Å². The van der Waals surface area contributed by atoms with E-state index in [1.165, 1.54) is 35.5 Å². The minimum absolute atomic E-state index is 0.0196. The number of carbonyl (C=O) groups is 1. The van der Waals surface area contributed by atoms with Gasteiger partial charge in [-0.2, -0.15) is 10.2 Å². The van der Waals surface area contributed by atoms with Gasteiger partial charge in [-0.05, 0) is 30.3 Å². The molecular formula is C21H13BrN6O6. The van der Waals surface area contributed by atoms with Crippen molar-refractivity contribution in [3.63, 3.8) is 0 Å². The number of aromatic nitrogens is 2. The van der Waals surface area contributed by atoms with Gasteiger partial charge < -0.3 is 4.42 Å². The van der Waals surface area contributed by atoms with Gasteiger partial charge in [-0.25, -0.2) is 10.1 Å². The van der Waals surface area contributed by atoms with Crippen LogP contribution in [0.2, 0.25) is 0 Å². The third-order valence-corrected chi connectivity index (χ3v) is 5.06. The Balaban J connectivity index is 1.77. The zero-order valence-corrected chi connectivity index (χ0v) is 18.6. The minimum atomic E-state index is -0.722. The molecule has 1 N–H and O–H groups in total. The number of benzene rings is 2. The fraction of sp³-hybridized carbons (Fsp3) is 0. The molecule has 0 fully saturated rings. The van der Waals surface area contributed by atoms with Crippen molar-refractivity contribution in [2.75, 3.05) is 0 Å². The maximum Gasteiger partial charge on any atom is 0.307 e. The third-order valence-electron chi connectivity index (χ3n) is 4.57. The average molecular weight is 525 g/mol. The maximum absolute atomic E-state index is 12.1. The Hall–Kier alpha value is -4.65. The van der Waals surface area contributed by atoms with E-state index in [9.17, 15) is 25.0 Å². The molecule has 2 aromatic heterocycles. The van der Waals surface area contributed by atoms with Gasteiger partial charge in [0, 0.05) is 27.9 Å². The number of halogens is 1. The van der Waals surface area contributed by atoms with Gasteiger partial charge in [-0.1, -0.05) is 28.1 Å². The molecule has 2 aromatic carbocycles. The zero-order valence-electron chi connectivity index (χ0n) is 17.0. The Morgan fingerprint density at radius 3 is 2.62 bits per heavy atom. The van der Waals surface area contributed by atoms with Crippen molar-refractivity contribution in [1.82, 2.24) is 15.2 Å². The molecule has 0 radical (unpaired) electrons. The van der Waals surface area contributed by atoms with Gasteiger partial charge in [0.1, 0.15) is 11.4 Å². The summed E-state index contributed by atoms with van der Waals surface area (Å²) in [5, 5.41) is 31.0. The Morgan fingerprint density at radius 1 is 1.12 bits per heavy atom. The summed E-state index contributed by atoms with van der Waals surface area (Å²) in [4.78, 5) is 33.3. The van der Waals surface area contributed by atoms with Crippen molar-refractivity contribution in [3.8, 4) is 16.9 Å². The molecule has 12 nitrogen and oxygen atoms in total.